The Morgan fingerprint density at radius 3 is 1.83 bits per heavy atom. The van der Waals surface area contributed by atoms with Gasteiger partial charge in [0.1, 0.15) is 5.69 Å². The van der Waals surface area contributed by atoms with Gasteiger partial charge in [-0.05, 0) is 24.3 Å². The summed E-state index contributed by atoms with van der Waals surface area (Å²) in [7, 11) is 0. The maximum absolute atomic E-state index is 6.15. The smallest absolute Gasteiger partial charge is 0.227 e. The van der Waals surface area contributed by atoms with Crippen molar-refractivity contribution < 1.29 is 4.42 Å². The van der Waals surface area contributed by atoms with Crippen LogP contribution in [0.3, 0.4) is 0 Å². The van der Waals surface area contributed by atoms with E-state index in [1.165, 1.54) is 0 Å². The van der Waals surface area contributed by atoms with Crippen LogP contribution in [0.1, 0.15) is 0 Å². The molecule has 0 atom stereocenters. The Kier molecular flexibility index (Phi) is 4.01. The number of oxazole rings is 1. The van der Waals surface area contributed by atoms with Gasteiger partial charge >= 0.3 is 0 Å². The quantitative estimate of drug-likeness (QED) is 0.411. The first kappa shape index (κ1) is 14.9. The van der Waals surface area contributed by atoms with Crippen molar-refractivity contribution in [1.82, 2.24) is 4.98 Å². The van der Waals surface area contributed by atoms with Crippen molar-refractivity contribution in [3.8, 4) is 34.0 Å². The molecule has 0 unspecified atom stereocenters. The molecule has 0 bridgehead atoms. The van der Waals surface area contributed by atoms with Gasteiger partial charge in [0.15, 0.2) is 5.76 Å². The molecule has 0 fully saturated rings. The molecule has 2 nitrogen and oxygen atoms in total. The van der Waals surface area contributed by atoms with Gasteiger partial charge in [-0.2, -0.15) is 0 Å². The van der Waals surface area contributed by atoms with E-state index in [4.69, 9.17) is 9.40 Å². The maximum atomic E-state index is 6.15. The maximum Gasteiger partial charge on any atom is 0.227 e. The lowest BCUT2D eigenvalue weighted by Gasteiger charge is -2.01. The van der Waals surface area contributed by atoms with Gasteiger partial charge in [-0.1, -0.05) is 76.6 Å². The van der Waals surface area contributed by atoms with Crippen molar-refractivity contribution in [2.24, 2.45) is 0 Å². The first-order valence-electron chi connectivity index (χ1n) is 7.69. The molecule has 24 heavy (non-hydrogen) atoms. The lowest BCUT2D eigenvalue weighted by atomic mass is 10.1. The van der Waals surface area contributed by atoms with Gasteiger partial charge in [-0.3, -0.25) is 0 Å². The minimum absolute atomic E-state index is 0.632. The fourth-order valence-electron chi connectivity index (χ4n) is 2.61. The topological polar surface area (TPSA) is 26.0 Å². The predicted octanol–water partition coefficient (Wildman–Crippen LogP) is 6.44. The molecule has 0 aliphatic carbocycles. The van der Waals surface area contributed by atoms with Gasteiger partial charge in [0, 0.05) is 21.2 Å². The van der Waals surface area contributed by atoms with Crippen molar-refractivity contribution in [3.63, 3.8) is 0 Å². The van der Waals surface area contributed by atoms with Crippen LogP contribution in [0.5, 0.6) is 0 Å². The van der Waals surface area contributed by atoms with E-state index in [1.807, 2.05) is 72.8 Å². The van der Waals surface area contributed by atoms with E-state index in [9.17, 15) is 0 Å². The van der Waals surface area contributed by atoms with Crippen LogP contribution in [0.4, 0.5) is 0 Å². The second-order valence-corrected chi connectivity index (χ2v) is 6.35. The zero-order chi connectivity index (χ0) is 16.4. The normalized spacial score (nSPS) is 10.7. The standard InChI is InChI=1S/C21H14BrNO/c22-18-13-11-16(12-14-18)20-19(15-7-3-1-4-8-15)23-21(24-20)17-9-5-2-6-10-17/h1-14H. The van der Waals surface area contributed by atoms with Crippen LogP contribution < -0.4 is 0 Å². The Labute approximate surface area is 148 Å². The van der Waals surface area contributed by atoms with Crippen LogP contribution in [-0.2, 0) is 0 Å². The number of nitrogens with zero attached hydrogens (tertiary/aromatic N) is 1. The summed E-state index contributed by atoms with van der Waals surface area (Å²) in [5, 5.41) is 0. The molecule has 3 heteroatoms. The van der Waals surface area contributed by atoms with Crippen LogP contribution in [0, 0.1) is 0 Å². The first-order valence-corrected chi connectivity index (χ1v) is 8.48. The van der Waals surface area contributed by atoms with E-state index in [-0.39, 0.29) is 0 Å². The molecule has 0 spiro atoms. The lowest BCUT2D eigenvalue weighted by Crippen LogP contribution is -1.82. The molecule has 4 rings (SSSR count). The Bertz CT molecular complexity index is 944. The van der Waals surface area contributed by atoms with Crippen LogP contribution in [-0.4, -0.2) is 4.98 Å². The Morgan fingerprint density at radius 2 is 1.21 bits per heavy atom. The molecule has 1 aromatic heterocycles. The second-order valence-electron chi connectivity index (χ2n) is 5.44. The van der Waals surface area contributed by atoms with Gasteiger partial charge in [-0.25, -0.2) is 4.98 Å². The number of aromatic nitrogens is 1. The van der Waals surface area contributed by atoms with Crippen LogP contribution >= 0.6 is 15.9 Å². The van der Waals surface area contributed by atoms with Gasteiger partial charge in [-0.15, -0.1) is 0 Å². The summed E-state index contributed by atoms with van der Waals surface area (Å²) in [6.07, 6.45) is 0. The fraction of sp³-hybridized carbons (Fsp3) is 0. The Balaban J connectivity index is 1.90. The highest BCUT2D eigenvalue weighted by Gasteiger charge is 2.17. The molecule has 0 saturated carbocycles. The summed E-state index contributed by atoms with van der Waals surface area (Å²) in [6.45, 7) is 0. The second kappa shape index (κ2) is 6.46. The van der Waals surface area contributed by atoms with E-state index >= 15 is 0 Å². The molecule has 4 aromatic rings. The largest absolute Gasteiger partial charge is 0.435 e. The average molecular weight is 376 g/mol. The molecule has 3 aromatic carbocycles. The number of halogens is 1. The highest BCUT2D eigenvalue weighted by Crippen LogP contribution is 2.36. The third kappa shape index (κ3) is 2.91. The average Bonchev–Trinajstić information content (AvgIpc) is 3.09. The Morgan fingerprint density at radius 1 is 0.625 bits per heavy atom. The van der Waals surface area contributed by atoms with Gasteiger partial charge in [0.05, 0.1) is 0 Å². The summed E-state index contributed by atoms with van der Waals surface area (Å²) in [4.78, 5) is 4.77. The molecule has 0 amide bonds. The van der Waals surface area contributed by atoms with Gasteiger partial charge < -0.3 is 4.42 Å². The molecule has 0 aliphatic rings. The highest BCUT2D eigenvalue weighted by molar-refractivity contribution is 9.10. The fourth-order valence-corrected chi connectivity index (χ4v) is 2.88. The molecular formula is C21H14BrNO. The molecule has 0 radical (unpaired) electrons. The SMILES string of the molecule is Brc1ccc(-c2oc(-c3ccccc3)nc2-c2ccccc2)cc1. The minimum Gasteiger partial charge on any atom is -0.435 e. The number of rotatable bonds is 3. The van der Waals surface area contributed by atoms with Crippen molar-refractivity contribution >= 4 is 15.9 Å². The van der Waals surface area contributed by atoms with Gasteiger partial charge in [0.25, 0.3) is 0 Å². The van der Waals surface area contributed by atoms with E-state index in [1.54, 1.807) is 0 Å². The molecule has 0 aliphatic heterocycles. The van der Waals surface area contributed by atoms with E-state index in [0.717, 1.165) is 32.6 Å². The van der Waals surface area contributed by atoms with Crippen LogP contribution in [0.15, 0.2) is 93.8 Å². The zero-order valence-corrected chi connectivity index (χ0v) is 14.4. The number of hydrogen-bond donors (Lipinski definition) is 0. The van der Waals surface area contributed by atoms with Crippen molar-refractivity contribution in [3.05, 3.63) is 89.4 Å². The summed E-state index contributed by atoms with van der Waals surface area (Å²) in [5.74, 6) is 1.42. The third-order valence-electron chi connectivity index (χ3n) is 3.80. The molecule has 0 saturated heterocycles. The summed E-state index contributed by atoms with van der Waals surface area (Å²) in [5.41, 5.74) is 3.88. The zero-order valence-electron chi connectivity index (χ0n) is 12.8. The van der Waals surface area contributed by atoms with E-state index < -0.39 is 0 Å². The van der Waals surface area contributed by atoms with E-state index in [2.05, 4.69) is 28.1 Å². The van der Waals surface area contributed by atoms with E-state index in [0.29, 0.717) is 5.89 Å². The third-order valence-corrected chi connectivity index (χ3v) is 4.33. The summed E-state index contributed by atoms with van der Waals surface area (Å²) in [6, 6.07) is 28.2. The monoisotopic (exact) mass is 375 g/mol. The number of hydrogen-bond acceptors (Lipinski definition) is 2. The lowest BCUT2D eigenvalue weighted by molar-refractivity contribution is 0.589. The molecule has 116 valence electrons. The number of benzene rings is 3. The Hall–Kier alpha value is -2.65. The summed E-state index contributed by atoms with van der Waals surface area (Å²) >= 11 is 3.48. The molecular weight excluding hydrogens is 362 g/mol. The predicted molar refractivity (Wildman–Crippen MR) is 101 cm³/mol. The van der Waals surface area contributed by atoms with Crippen molar-refractivity contribution in [2.75, 3.05) is 0 Å². The molecule has 1 heterocycles. The van der Waals surface area contributed by atoms with Crippen molar-refractivity contribution in [2.45, 2.75) is 0 Å². The first-order chi connectivity index (χ1) is 11.8. The summed E-state index contributed by atoms with van der Waals surface area (Å²) < 4.78 is 7.19. The highest BCUT2D eigenvalue weighted by atomic mass is 79.9. The van der Waals surface area contributed by atoms with Crippen LogP contribution in [0.25, 0.3) is 34.0 Å². The minimum atomic E-state index is 0.632. The van der Waals surface area contributed by atoms with Crippen molar-refractivity contribution in [1.29, 1.82) is 0 Å². The van der Waals surface area contributed by atoms with Gasteiger partial charge in [0.2, 0.25) is 5.89 Å². The van der Waals surface area contributed by atoms with Crippen LogP contribution in [0.2, 0.25) is 0 Å². The molecule has 0 N–H and O–H groups in total.